The Morgan fingerprint density at radius 3 is 2.67 bits per heavy atom. The Bertz CT molecular complexity index is 88.9. The molecule has 0 rings (SSSR count). The molecule has 0 heterocycles. The predicted octanol–water partition coefficient (Wildman–Crippen LogP) is 1.08. The Hall–Kier alpha value is -0.600. The summed E-state index contributed by atoms with van der Waals surface area (Å²) in [5.74, 6) is 0. The zero-order chi connectivity index (χ0) is 7.11. The van der Waals surface area contributed by atoms with E-state index >= 15 is 0 Å². The minimum atomic E-state index is -0.829. The number of rotatable bonds is 5. The summed E-state index contributed by atoms with van der Waals surface area (Å²) in [4.78, 5) is 0. The third kappa shape index (κ3) is 5.27. The summed E-state index contributed by atoms with van der Waals surface area (Å²) in [6.45, 7) is 7.33. The van der Waals surface area contributed by atoms with Gasteiger partial charge in [-0.2, -0.15) is 0 Å². The molecule has 0 fully saturated rings. The lowest BCUT2D eigenvalue weighted by atomic mass is 10.4. The van der Waals surface area contributed by atoms with E-state index in [9.17, 15) is 0 Å². The Morgan fingerprint density at radius 2 is 2.22 bits per heavy atom. The second kappa shape index (κ2) is 5.54. The van der Waals surface area contributed by atoms with Gasteiger partial charge in [0.15, 0.2) is 6.29 Å². The van der Waals surface area contributed by atoms with Crippen LogP contribution in [-0.2, 0) is 4.74 Å². The molecule has 52 valence electrons. The van der Waals surface area contributed by atoms with Crippen molar-refractivity contribution in [2.45, 2.75) is 12.7 Å². The lowest BCUT2D eigenvalue weighted by Gasteiger charge is -2.03. The molecule has 1 unspecified atom stereocenters. The maximum absolute atomic E-state index is 8.71. The van der Waals surface area contributed by atoms with E-state index in [1.54, 1.807) is 6.08 Å². The highest BCUT2D eigenvalue weighted by atomic mass is 16.6. The lowest BCUT2D eigenvalue weighted by molar-refractivity contribution is -0.0619. The van der Waals surface area contributed by atoms with Crippen molar-refractivity contribution in [1.82, 2.24) is 0 Å². The van der Waals surface area contributed by atoms with E-state index in [-0.39, 0.29) is 0 Å². The van der Waals surface area contributed by atoms with Crippen LogP contribution in [0.2, 0.25) is 0 Å². The number of hydrogen-bond donors (Lipinski definition) is 1. The van der Waals surface area contributed by atoms with E-state index in [2.05, 4.69) is 13.2 Å². The van der Waals surface area contributed by atoms with Gasteiger partial charge >= 0.3 is 0 Å². The van der Waals surface area contributed by atoms with Crippen LogP contribution in [0, 0.1) is 0 Å². The molecular weight excluding hydrogens is 116 g/mol. The average molecular weight is 128 g/mol. The Balaban J connectivity index is 3.05. The third-order valence-corrected chi connectivity index (χ3v) is 0.812. The van der Waals surface area contributed by atoms with Crippen molar-refractivity contribution in [3.63, 3.8) is 0 Å². The van der Waals surface area contributed by atoms with Gasteiger partial charge in [-0.1, -0.05) is 12.7 Å². The van der Waals surface area contributed by atoms with Crippen molar-refractivity contribution < 1.29 is 9.84 Å². The number of hydrogen-bond acceptors (Lipinski definition) is 2. The molecule has 2 nitrogen and oxygen atoms in total. The summed E-state index contributed by atoms with van der Waals surface area (Å²) in [5.41, 5.74) is 0. The van der Waals surface area contributed by atoms with Gasteiger partial charge in [0.25, 0.3) is 0 Å². The first-order valence-electron chi connectivity index (χ1n) is 2.84. The molecule has 0 aromatic carbocycles. The topological polar surface area (TPSA) is 29.5 Å². The van der Waals surface area contributed by atoms with Crippen molar-refractivity contribution in [3.8, 4) is 0 Å². The van der Waals surface area contributed by atoms with Crippen LogP contribution in [0.15, 0.2) is 25.3 Å². The van der Waals surface area contributed by atoms with Crippen LogP contribution < -0.4 is 0 Å². The van der Waals surface area contributed by atoms with Crippen LogP contribution in [0.5, 0.6) is 0 Å². The van der Waals surface area contributed by atoms with Crippen LogP contribution in [0.1, 0.15) is 6.42 Å². The van der Waals surface area contributed by atoms with Gasteiger partial charge in [-0.05, 0) is 12.5 Å². The standard InChI is InChI=1S/C7H12O2/c1-3-5-6-9-7(8)4-2/h3-4,7-8H,1-2,5-6H2. The molecule has 0 aliphatic rings. The highest BCUT2D eigenvalue weighted by molar-refractivity contribution is 4.71. The molecular formula is C7H12O2. The molecule has 0 radical (unpaired) electrons. The molecule has 0 aliphatic heterocycles. The monoisotopic (exact) mass is 128 g/mol. The summed E-state index contributed by atoms with van der Waals surface area (Å²) in [7, 11) is 0. The van der Waals surface area contributed by atoms with Crippen LogP contribution in [0.4, 0.5) is 0 Å². The fourth-order valence-electron chi connectivity index (χ4n) is 0.340. The fraction of sp³-hybridized carbons (Fsp3) is 0.429. The third-order valence-electron chi connectivity index (χ3n) is 0.812. The van der Waals surface area contributed by atoms with Gasteiger partial charge < -0.3 is 9.84 Å². The normalized spacial score (nSPS) is 12.6. The molecule has 2 heteroatoms. The Morgan fingerprint density at radius 1 is 1.56 bits per heavy atom. The van der Waals surface area contributed by atoms with Crippen molar-refractivity contribution in [2.24, 2.45) is 0 Å². The quantitative estimate of drug-likeness (QED) is 0.341. The molecule has 0 saturated carbocycles. The van der Waals surface area contributed by atoms with E-state index in [0.29, 0.717) is 6.61 Å². The van der Waals surface area contributed by atoms with Gasteiger partial charge in [-0.3, -0.25) is 0 Å². The summed E-state index contributed by atoms with van der Waals surface area (Å²) >= 11 is 0. The van der Waals surface area contributed by atoms with Gasteiger partial charge in [0.05, 0.1) is 6.61 Å². The molecule has 0 amide bonds. The van der Waals surface area contributed by atoms with E-state index in [0.717, 1.165) is 6.42 Å². The van der Waals surface area contributed by atoms with E-state index in [1.165, 1.54) is 6.08 Å². The van der Waals surface area contributed by atoms with E-state index in [4.69, 9.17) is 9.84 Å². The molecule has 0 saturated heterocycles. The highest BCUT2D eigenvalue weighted by Gasteiger charge is 1.92. The second-order valence-corrected chi connectivity index (χ2v) is 1.57. The van der Waals surface area contributed by atoms with Gasteiger partial charge in [-0.25, -0.2) is 0 Å². The predicted molar refractivity (Wildman–Crippen MR) is 37.0 cm³/mol. The summed E-state index contributed by atoms with van der Waals surface area (Å²) in [5, 5.41) is 8.71. The molecule has 0 aromatic heterocycles. The van der Waals surface area contributed by atoms with Crippen molar-refractivity contribution in [3.05, 3.63) is 25.3 Å². The van der Waals surface area contributed by atoms with Crippen molar-refractivity contribution in [1.29, 1.82) is 0 Å². The number of aliphatic hydroxyl groups excluding tert-OH is 1. The smallest absolute Gasteiger partial charge is 0.173 e. The number of aliphatic hydroxyl groups is 1. The van der Waals surface area contributed by atoms with Gasteiger partial charge in [-0.15, -0.1) is 6.58 Å². The molecule has 0 aliphatic carbocycles. The first-order valence-corrected chi connectivity index (χ1v) is 2.84. The minimum absolute atomic E-state index is 0.497. The molecule has 1 atom stereocenters. The average Bonchev–Trinajstić information content (AvgIpc) is 1.89. The maximum Gasteiger partial charge on any atom is 0.173 e. The fourth-order valence-corrected chi connectivity index (χ4v) is 0.340. The van der Waals surface area contributed by atoms with Crippen molar-refractivity contribution in [2.75, 3.05) is 6.61 Å². The van der Waals surface area contributed by atoms with Crippen LogP contribution in [-0.4, -0.2) is 18.0 Å². The molecule has 9 heavy (non-hydrogen) atoms. The minimum Gasteiger partial charge on any atom is -0.365 e. The lowest BCUT2D eigenvalue weighted by Crippen LogP contribution is -2.07. The Labute approximate surface area is 55.5 Å². The zero-order valence-corrected chi connectivity index (χ0v) is 5.42. The summed E-state index contributed by atoms with van der Waals surface area (Å²) in [6, 6.07) is 0. The van der Waals surface area contributed by atoms with E-state index in [1.807, 2.05) is 0 Å². The first-order chi connectivity index (χ1) is 4.31. The van der Waals surface area contributed by atoms with Gasteiger partial charge in [0.1, 0.15) is 0 Å². The molecule has 0 aromatic rings. The van der Waals surface area contributed by atoms with Crippen LogP contribution in [0.25, 0.3) is 0 Å². The summed E-state index contributed by atoms with van der Waals surface area (Å²) < 4.78 is 4.80. The second-order valence-electron chi connectivity index (χ2n) is 1.57. The Kier molecular flexibility index (Phi) is 5.17. The molecule has 0 spiro atoms. The van der Waals surface area contributed by atoms with Crippen LogP contribution in [0.3, 0.4) is 0 Å². The van der Waals surface area contributed by atoms with Crippen molar-refractivity contribution >= 4 is 0 Å². The van der Waals surface area contributed by atoms with E-state index < -0.39 is 6.29 Å². The SMILES string of the molecule is C=CCCOC(O)C=C. The molecule has 1 N–H and O–H groups in total. The van der Waals surface area contributed by atoms with Gasteiger partial charge in [0.2, 0.25) is 0 Å². The zero-order valence-electron chi connectivity index (χ0n) is 5.42. The maximum atomic E-state index is 8.71. The highest BCUT2D eigenvalue weighted by Crippen LogP contribution is 1.89. The molecule has 0 bridgehead atoms. The summed E-state index contributed by atoms with van der Waals surface area (Å²) in [6.07, 6.45) is 2.99. The number of ether oxygens (including phenoxy) is 1. The largest absolute Gasteiger partial charge is 0.365 e. The van der Waals surface area contributed by atoms with Crippen LogP contribution >= 0.6 is 0 Å². The van der Waals surface area contributed by atoms with Gasteiger partial charge in [0, 0.05) is 0 Å². The first kappa shape index (κ1) is 8.40.